The fourth-order valence-electron chi connectivity index (χ4n) is 4.46. The second-order valence-corrected chi connectivity index (χ2v) is 7.91. The summed E-state index contributed by atoms with van der Waals surface area (Å²) < 4.78 is 0. The maximum atomic E-state index is 13.4. The summed E-state index contributed by atoms with van der Waals surface area (Å²) in [5.74, 6) is -2.33. The van der Waals surface area contributed by atoms with E-state index >= 15 is 0 Å². The summed E-state index contributed by atoms with van der Waals surface area (Å²) in [4.78, 5) is 39.4. The summed E-state index contributed by atoms with van der Waals surface area (Å²) >= 11 is 11.4. The number of carbonyl (C=O) groups is 3. The van der Waals surface area contributed by atoms with Crippen molar-refractivity contribution in [1.82, 2.24) is 10.6 Å². The van der Waals surface area contributed by atoms with Crippen LogP contribution in [0.15, 0.2) is 54.6 Å². The third-order valence-electron chi connectivity index (χ3n) is 5.65. The van der Waals surface area contributed by atoms with E-state index in [-0.39, 0.29) is 23.7 Å². The van der Waals surface area contributed by atoms with Crippen LogP contribution in [0.3, 0.4) is 0 Å². The number of halogens is 1. The molecule has 1 saturated carbocycles. The van der Waals surface area contributed by atoms with Gasteiger partial charge < -0.3 is 10.6 Å². The third-order valence-corrected chi connectivity index (χ3v) is 6.20. The Hall–Kier alpha value is -2.57. The van der Waals surface area contributed by atoms with E-state index in [1.165, 1.54) is 0 Å². The molecule has 2 unspecified atom stereocenters. The van der Waals surface area contributed by atoms with Crippen molar-refractivity contribution >= 4 is 46.5 Å². The van der Waals surface area contributed by atoms with Crippen molar-refractivity contribution in [1.29, 1.82) is 0 Å². The van der Waals surface area contributed by atoms with Crippen molar-refractivity contribution in [3.05, 3.63) is 70.7 Å². The van der Waals surface area contributed by atoms with Crippen LogP contribution in [-0.2, 0) is 14.4 Å². The SMILES string of the molecule is O=C1CC(c2ccccc2)C2(C(=O)NC(=S)NC2=O)C(c2ccccc2Cl)C1. The van der Waals surface area contributed by atoms with Gasteiger partial charge in [-0.3, -0.25) is 14.4 Å². The van der Waals surface area contributed by atoms with Crippen molar-refractivity contribution in [2.24, 2.45) is 5.41 Å². The molecular formula is C21H17ClN2O3S. The summed E-state index contributed by atoms with van der Waals surface area (Å²) in [5, 5.41) is 5.61. The molecule has 7 heteroatoms. The average Bonchev–Trinajstić information content (AvgIpc) is 2.67. The number of rotatable bonds is 2. The van der Waals surface area contributed by atoms with Crippen molar-refractivity contribution in [2.45, 2.75) is 24.7 Å². The highest BCUT2D eigenvalue weighted by Crippen LogP contribution is 2.56. The van der Waals surface area contributed by atoms with Crippen LogP contribution in [0, 0.1) is 5.41 Å². The lowest BCUT2D eigenvalue weighted by Crippen LogP contribution is -2.67. The third kappa shape index (κ3) is 2.84. The minimum atomic E-state index is -1.53. The largest absolute Gasteiger partial charge is 0.302 e. The first-order chi connectivity index (χ1) is 13.4. The van der Waals surface area contributed by atoms with E-state index in [9.17, 15) is 14.4 Å². The molecule has 2 aliphatic rings. The van der Waals surface area contributed by atoms with Gasteiger partial charge in [-0.2, -0.15) is 0 Å². The van der Waals surface area contributed by atoms with Gasteiger partial charge in [0.25, 0.3) is 0 Å². The number of amides is 2. The number of hydrogen-bond acceptors (Lipinski definition) is 4. The number of thiocarbonyl (C=S) groups is 1. The van der Waals surface area contributed by atoms with Gasteiger partial charge in [0, 0.05) is 29.7 Å². The molecule has 4 rings (SSSR count). The van der Waals surface area contributed by atoms with Gasteiger partial charge in [-0.1, -0.05) is 60.1 Å². The van der Waals surface area contributed by atoms with Crippen molar-refractivity contribution < 1.29 is 14.4 Å². The number of carbonyl (C=O) groups excluding carboxylic acids is 3. The van der Waals surface area contributed by atoms with Gasteiger partial charge in [0.1, 0.15) is 11.2 Å². The van der Waals surface area contributed by atoms with Crippen LogP contribution in [-0.4, -0.2) is 22.7 Å². The Labute approximate surface area is 172 Å². The Kier molecular flexibility index (Phi) is 4.77. The molecule has 1 spiro atoms. The number of hydrogen-bond donors (Lipinski definition) is 2. The number of benzene rings is 2. The standard InChI is InChI=1S/C21H17ClN2O3S/c22-17-9-5-4-8-14(17)16-11-13(25)10-15(12-6-2-1-3-7-12)21(16)18(26)23-20(28)24-19(21)27/h1-9,15-16H,10-11H2,(H2,23,24,26,27,28). The number of Topliss-reactive ketones (excluding diaryl/α,β-unsaturated/α-hetero) is 1. The molecule has 0 aromatic heterocycles. The lowest BCUT2D eigenvalue weighted by atomic mass is 9.54. The van der Waals surface area contributed by atoms with E-state index < -0.39 is 29.1 Å². The first-order valence-corrected chi connectivity index (χ1v) is 9.71. The molecule has 1 heterocycles. The van der Waals surface area contributed by atoms with E-state index in [1.807, 2.05) is 30.3 Å². The van der Waals surface area contributed by atoms with Gasteiger partial charge in [0.15, 0.2) is 5.11 Å². The van der Waals surface area contributed by atoms with E-state index in [4.69, 9.17) is 23.8 Å². The molecule has 2 fully saturated rings. The van der Waals surface area contributed by atoms with Crippen LogP contribution in [0.1, 0.15) is 35.8 Å². The Morgan fingerprint density at radius 2 is 1.43 bits per heavy atom. The van der Waals surface area contributed by atoms with Crippen molar-refractivity contribution in [3.8, 4) is 0 Å². The first kappa shape index (κ1) is 18.8. The van der Waals surface area contributed by atoms with Crippen LogP contribution >= 0.6 is 23.8 Å². The molecule has 2 aromatic carbocycles. The predicted molar refractivity (Wildman–Crippen MR) is 109 cm³/mol. The Balaban J connectivity index is 1.97. The van der Waals surface area contributed by atoms with Crippen LogP contribution in [0.4, 0.5) is 0 Å². The van der Waals surface area contributed by atoms with Gasteiger partial charge in [0.2, 0.25) is 11.8 Å². The summed E-state index contributed by atoms with van der Waals surface area (Å²) in [5.41, 5.74) is -0.162. The van der Waals surface area contributed by atoms with Crippen molar-refractivity contribution in [3.63, 3.8) is 0 Å². The fraction of sp³-hybridized carbons (Fsp3) is 0.238. The zero-order chi connectivity index (χ0) is 19.9. The van der Waals surface area contributed by atoms with Crippen molar-refractivity contribution in [2.75, 3.05) is 0 Å². The first-order valence-electron chi connectivity index (χ1n) is 8.92. The van der Waals surface area contributed by atoms with Crippen LogP contribution in [0.5, 0.6) is 0 Å². The molecule has 2 atom stereocenters. The molecule has 1 aliphatic heterocycles. The summed E-state index contributed by atoms with van der Waals surface area (Å²) in [6.07, 6.45) is 0.152. The van der Waals surface area contributed by atoms with Crippen LogP contribution < -0.4 is 10.6 Å². The van der Waals surface area contributed by atoms with Gasteiger partial charge in [-0.15, -0.1) is 0 Å². The monoisotopic (exact) mass is 412 g/mol. The molecule has 1 aliphatic carbocycles. The quantitative estimate of drug-likeness (QED) is 0.587. The van der Waals surface area contributed by atoms with E-state index in [1.54, 1.807) is 24.3 Å². The zero-order valence-electron chi connectivity index (χ0n) is 14.8. The lowest BCUT2D eigenvalue weighted by Gasteiger charge is -2.48. The molecule has 1 saturated heterocycles. The van der Waals surface area contributed by atoms with E-state index in [0.29, 0.717) is 10.6 Å². The molecule has 142 valence electrons. The molecular weight excluding hydrogens is 396 g/mol. The van der Waals surface area contributed by atoms with Gasteiger partial charge in [-0.05, 0) is 29.4 Å². The molecule has 2 aromatic rings. The topological polar surface area (TPSA) is 75.3 Å². The Bertz CT molecular complexity index is 972. The molecule has 28 heavy (non-hydrogen) atoms. The molecule has 0 bridgehead atoms. The maximum absolute atomic E-state index is 13.4. The second-order valence-electron chi connectivity index (χ2n) is 7.09. The minimum Gasteiger partial charge on any atom is -0.302 e. The van der Waals surface area contributed by atoms with Gasteiger partial charge in [-0.25, -0.2) is 0 Å². The summed E-state index contributed by atoms with van der Waals surface area (Å²) in [6, 6.07) is 16.2. The van der Waals surface area contributed by atoms with E-state index in [2.05, 4.69) is 10.6 Å². The molecule has 2 N–H and O–H groups in total. The maximum Gasteiger partial charge on any atom is 0.243 e. The molecule has 0 radical (unpaired) electrons. The zero-order valence-corrected chi connectivity index (χ0v) is 16.3. The highest BCUT2D eigenvalue weighted by Gasteiger charge is 2.63. The van der Waals surface area contributed by atoms with Crippen LogP contribution in [0.25, 0.3) is 0 Å². The normalized spacial score (nSPS) is 24.0. The van der Waals surface area contributed by atoms with Gasteiger partial charge in [0.05, 0.1) is 0 Å². The average molecular weight is 413 g/mol. The Morgan fingerprint density at radius 3 is 2.07 bits per heavy atom. The van der Waals surface area contributed by atoms with Crippen LogP contribution in [0.2, 0.25) is 5.02 Å². The highest BCUT2D eigenvalue weighted by molar-refractivity contribution is 7.80. The molecule has 5 nitrogen and oxygen atoms in total. The fourth-order valence-corrected chi connectivity index (χ4v) is 4.92. The summed E-state index contributed by atoms with van der Waals surface area (Å²) in [7, 11) is 0. The second kappa shape index (κ2) is 7.11. The minimum absolute atomic E-state index is 0.0156. The number of nitrogens with one attached hydrogen (secondary N) is 2. The highest BCUT2D eigenvalue weighted by atomic mass is 35.5. The van der Waals surface area contributed by atoms with E-state index in [0.717, 1.165) is 5.56 Å². The lowest BCUT2D eigenvalue weighted by molar-refractivity contribution is -0.150. The summed E-state index contributed by atoms with van der Waals surface area (Å²) in [6.45, 7) is 0. The van der Waals surface area contributed by atoms with Gasteiger partial charge >= 0.3 is 0 Å². The predicted octanol–water partition coefficient (Wildman–Crippen LogP) is 3.09. The molecule has 2 amide bonds. The Morgan fingerprint density at radius 1 is 0.857 bits per heavy atom. The smallest absolute Gasteiger partial charge is 0.243 e. The number of ketones is 1.